The van der Waals surface area contributed by atoms with Crippen molar-refractivity contribution in [3.8, 4) is 5.75 Å². The molecule has 6 heteroatoms. The van der Waals surface area contributed by atoms with Crippen LogP contribution in [0.15, 0.2) is 18.2 Å². The van der Waals surface area contributed by atoms with Gasteiger partial charge in [0.15, 0.2) is 0 Å². The molecule has 1 saturated heterocycles. The molecule has 0 aliphatic carbocycles. The number of carbonyl (C=O) groups excluding carboxylic acids is 1. The first-order chi connectivity index (χ1) is 10.2. The van der Waals surface area contributed by atoms with Crippen LogP contribution in [-0.4, -0.2) is 38.8 Å². The zero-order valence-corrected chi connectivity index (χ0v) is 13.1. The Bertz CT molecular complexity index is 496. The van der Waals surface area contributed by atoms with Crippen molar-refractivity contribution < 1.29 is 14.3 Å². The average Bonchev–Trinajstić information content (AvgIpc) is 2.95. The van der Waals surface area contributed by atoms with Crippen LogP contribution in [0.3, 0.4) is 0 Å². The van der Waals surface area contributed by atoms with Crippen molar-refractivity contribution in [1.82, 2.24) is 5.32 Å². The number of nitrogens with one attached hydrogen (secondary N) is 2. The fourth-order valence-electron chi connectivity index (χ4n) is 2.26. The molecule has 1 aliphatic rings. The summed E-state index contributed by atoms with van der Waals surface area (Å²) in [6.07, 6.45) is 0.897. The molecule has 2 N–H and O–H groups in total. The Morgan fingerprint density at radius 1 is 1.48 bits per heavy atom. The molecule has 1 heterocycles. The van der Waals surface area contributed by atoms with Gasteiger partial charge in [0.05, 0.1) is 31.4 Å². The Labute approximate surface area is 130 Å². The first-order valence-electron chi connectivity index (χ1n) is 7.14. The van der Waals surface area contributed by atoms with E-state index in [-0.39, 0.29) is 17.9 Å². The number of likely N-dealkylation sites (N-methyl/N-ethyl adjacent to an activating group) is 1. The molecule has 2 unspecified atom stereocenters. The summed E-state index contributed by atoms with van der Waals surface area (Å²) in [4.78, 5) is 12.4. The molecular weight excluding hydrogens is 292 g/mol. The van der Waals surface area contributed by atoms with Crippen molar-refractivity contribution in [3.63, 3.8) is 0 Å². The van der Waals surface area contributed by atoms with Crippen molar-refractivity contribution >= 4 is 23.2 Å². The SMILES string of the molecule is CCCOc1ccc(Cl)cc1NC(=O)C1COCC1NC. The van der Waals surface area contributed by atoms with Gasteiger partial charge in [-0.2, -0.15) is 0 Å². The number of hydrogen-bond acceptors (Lipinski definition) is 4. The maximum absolute atomic E-state index is 12.4. The van der Waals surface area contributed by atoms with Crippen LogP contribution in [-0.2, 0) is 9.53 Å². The molecule has 1 aromatic rings. The molecule has 116 valence electrons. The van der Waals surface area contributed by atoms with Crippen molar-refractivity contribution in [2.24, 2.45) is 5.92 Å². The molecule has 0 saturated carbocycles. The van der Waals surface area contributed by atoms with Gasteiger partial charge >= 0.3 is 0 Å². The third-order valence-electron chi connectivity index (χ3n) is 3.45. The monoisotopic (exact) mass is 312 g/mol. The molecule has 1 aliphatic heterocycles. The summed E-state index contributed by atoms with van der Waals surface area (Å²) in [7, 11) is 1.83. The number of rotatable bonds is 6. The lowest BCUT2D eigenvalue weighted by Crippen LogP contribution is -2.39. The fourth-order valence-corrected chi connectivity index (χ4v) is 2.43. The highest BCUT2D eigenvalue weighted by Gasteiger charge is 2.33. The molecule has 1 fully saturated rings. The maximum atomic E-state index is 12.4. The number of carbonyl (C=O) groups is 1. The zero-order chi connectivity index (χ0) is 15.2. The van der Waals surface area contributed by atoms with Gasteiger partial charge in [-0.25, -0.2) is 0 Å². The van der Waals surface area contributed by atoms with Crippen LogP contribution < -0.4 is 15.4 Å². The summed E-state index contributed by atoms with van der Waals surface area (Å²) in [5.41, 5.74) is 0.600. The number of halogens is 1. The standard InChI is InChI=1S/C15H21ClN2O3/c1-3-6-21-14-5-4-10(16)7-12(14)18-15(19)11-8-20-9-13(11)17-2/h4-5,7,11,13,17H,3,6,8-9H2,1-2H3,(H,18,19). The van der Waals surface area contributed by atoms with E-state index in [1.807, 2.05) is 14.0 Å². The highest BCUT2D eigenvalue weighted by atomic mass is 35.5. The van der Waals surface area contributed by atoms with Crippen LogP contribution in [0.2, 0.25) is 5.02 Å². The number of anilines is 1. The molecule has 0 radical (unpaired) electrons. The van der Waals surface area contributed by atoms with E-state index in [2.05, 4.69) is 10.6 Å². The lowest BCUT2D eigenvalue weighted by Gasteiger charge is -2.18. The van der Waals surface area contributed by atoms with E-state index in [1.165, 1.54) is 0 Å². The second-order valence-electron chi connectivity index (χ2n) is 5.02. The zero-order valence-electron chi connectivity index (χ0n) is 12.3. The average molecular weight is 313 g/mol. The van der Waals surface area contributed by atoms with Crippen LogP contribution in [0, 0.1) is 5.92 Å². The lowest BCUT2D eigenvalue weighted by molar-refractivity contribution is -0.120. The molecular formula is C15H21ClN2O3. The molecule has 1 aromatic carbocycles. The number of ether oxygens (including phenoxy) is 2. The van der Waals surface area contributed by atoms with Gasteiger partial charge in [0.2, 0.25) is 5.91 Å². The van der Waals surface area contributed by atoms with E-state index >= 15 is 0 Å². The Hall–Kier alpha value is -1.30. The number of hydrogen-bond donors (Lipinski definition) is 2. The molecule has 0 bridgehead atoms. The van der Waals surface area contributed by atoms with E-state index < -0.39 is 0 Å². The number of benzene rings is 1. The maximum Gasteiger partial charge on any atom is 0.231 e. The second kappa shape index (κ2) is 7.64. The van der Waals surface area contributed by atoms with E-state index in [0.29, 0.717) is 36.3 Å². The van der Waals surface area contributed by atoms with Crippen LogP contribution in [0.25, 0.3) is 0 Å². The summed E-state index contributed by atoms with van der Waals surface area (Å²) in [5, 5.41) is 6.55. The summed E-state index contributed by atoms with van der Waals surface area (Å²) in [6, 6.07) is 5.25. The van der Waals surface area contributed by atoms with Crippen molar-refractivity contribution in [3.05, 3.63) is 23.2 Å². The molecule has 2 rings (SSSR count). The lowest BCUT2D eigenvalue weighted by atomic mass is 10.0. The van der Waals surface area contributed by atoms with Gasteiger partial charge in [-0.05, 0) is 31.7 Å². The highest BCUT2D eigenvalue weighted by Crippen LogP contribution is 2.29. The number of amides is 1. The normalized spacial score (nSPS) is 21.3. The van der Waals surface area contributed by atoms with Crippen molar-refractivity contribution in [2.45, 2.75) is 19.4 Å². The van der Waals surface area contributed by atoms with Gasteiger partial charge in [0.1, 0.15) is 5.75 Å². The van der Waals surface area contributed by atoms with E-state index in [9.17, 15) is 4.79 Å². The second-order valence-corrected chi connectivity index (χ2v) is 5.45. The first-order valence-corrected chi connectivity index (χ1v) is 7.51. The molecule has 21 heavy (non-hydrogen) atoms. The molecule has 2 atom stereocenters. The van der Waals surface area contributed by atoms with E-state index in [0.717, 1.165) is 6.42 Å². The van der Waals surface area contributed by atoms with Crippen LogP contribution >= 0.6 is 11.6 Å². The third kappa shape index (κ3) is 4.09. The summed E-state index contributed by atoms with van der Waals surface area (Å²) in [5.74, 6) is 0.331. The topological polar surface area (TPSA) is 59.6 Å². The summed E-state index contributed by atoms with van der Waals surface area (Å²) in [6.45, 7) is 3.59. The van der Waals surface area contributed by atoms with Crippen LogP contribution in [0.5, 0.6) is 5.75 Å². The van der Waals surface area contributed by atoms with Gasteiger partial charge in [-0.15, -0.1) is 0 Å². The quantitative estimate of drug-likeness (QED) is 0.846. The predicted octanol–water partition coefficient (Wildman–Crippen LogP) is 2.30. The minimum atomic E-state index is -0.215. The fraction of sp³-hybridized carbons (Fsp3) is 0.533. The Morgan fingerprint density at radius 3 is 3.00 bits per heavy atom. The molecule has 0 spiro atoms. The largest absolute Gasteiger partial charge is 0.491 e. The summed E-state index contributed by atoms with van der Waals surface area (Å²) >= 11 is 6.01. The van der Waals surface area contributed by atoms with Crippen molar-refractivity contribution in [2.75, 3.05) is 32.2 Å². The van der Waals surface area contributed by atoms with Crippen LogP contribution in [0.4, 0.5) is 5.69 Å². The Morgan fingerprint density at radius 2 is 2.29 bits per heavy atom. The highest BCUT2D eigenvalue weighted by molar-refractivity contribution is 6.31. The smallest absolute Gasteiger partial charge is 0.231 e. The van der Waals surface area contributed by atoms with Gasteiger partial charge in [-0.1, -0.05) is 18.5 Å². The van der Waals surface area contributed by atoms with Gasteiger partial charge in [0.25, 0.3) is 0 Å². The van der Waals surface area contributed by atoms with Gasteiger partial charge in [-0.3, -0.25) is 4.79 Å². The minimum Gasteiger partial charge on any atom is -0.491 e. The molecule has 1 amide bonds. The van der Waals surface area contributed by atoms with Crippen molar-refractivity contribution in [1.29, 1.82) is 0 Å². The minimum absolute atomic E-state index is 0.0317. The van der Waals surface area contributed by atoms with E-state index in [1.54, 1.807) is 18.2 Å². The Balaban J connectivity index is 2.10. The van der Waals surface area contributed by atoms with Gasteiger partial charge in [0, 0.05) is 11.1 Å². The Kier molecular flexibility index (Phi) is 5.85. The van der Waals surface area contributed by atoms with Crippen LogP contribution in [0.1, 0.15) is 13.3 Å². The van der Waals surface area contributed by atoms with E-state index in [4.69, 9.17) is 21.1 Å². The third-order valence-corrected chi connectivity index (χ3v) is 3.68. The molecule has 5 nitrogen and oxygen atoms in total. The predicted molar refractivity (Wildman–Crippen MR) is 83.0 cm³/mol. The molecule has 0 aromatic heterocycles. The first kappa shape index (κ1) is 16.1. The summed E-state index contributed by atoms with van der Waals surface area (Å²) < 4.78 is 11.0. The van der Waals surface area contributed by atoms with Gasteiger partial charge < -0.3 is 20.1 Å².